The van der Waals surface area contributed by atoms with E-state index in [0.717, 1.165) is 41.6 Å². The van der Waals surface area contributed by atoms with E-state index in [9.17, 15) is 17.6 Å². The molecule has 1 heterocycles. The maximum Gasteiger partial charge on any atom is 0.284 e. The molecule has 3 aromatic rings. The molecule has 7 nitrogen and oxygen atoms in total. The number of hydrogen-bond donors (Lipinski definition) is 0. The Hall–Kier alpha value is -3.89. The summed E-state index contributed by atoms with van der Waals surface area (Å²) in [7, 11) is -2.65. The quantitative estimate of drug-likeness (QED) is 0.273. The highest BCUT2D eigenvalue weighted by Crippen LogP contribution is 2.35. The lowest BCUT2D eigenvalue weighted by Crippen LogP contribution is -2.29. The molecule has 1 aliphatic heterocycles. The minimum absolute atomic E-state index is 0.0183. The number of methoxy groups -OCH3 is 1. The van der Waals surface area contributed by atoms with Crippen molar-refractivity contribution in [3.63, 3.8) is 0 Å². The van der Waals surface area contributed by atoms with Gasteiger partial charge in [0.2, 0.25) is 0 Å². The minimum atomic E-state index is -4.17. The van der Waals surface area contributed by atoms with E-state index in [2.05, 4.69) is 11.0 Å². The van der Waals surface area contributed by atoms with Crippen LogP contribution < -0.4 is 9.47 Å². The third-order valence-corrected chi connectivity index (χ3v) is 7.64. The first-order valence-electron chi connectivity index (χ1n) is 11.1. The van der Waals surface area contributed by atoms with Crippen LogP contribution in [0.2, 0.25) is 0 Å². The highest BCUT2D eigenvalue weighted by Gasteiger charge is 2.34. The fourth-order valence-electron chi connectivity index (χ4n) is 3.41. The number of hydrogen-bond acceptors (Lipinski definition) is 6. The molecule has 1 saturated heterocycles. The Morgan fingerprint density at radius 2 is 1.78 bits per heavy atom. The van der Waals surface area contributed by atoms with Gasteiger partial charge in [-0.2, -0.15) is 8.42 Å². The number of nitrogens with zero attached hydrogens (tertiary/aromatic N) is 2. The molecular formula is C27H23FN2O5S2. The fraction of sp³-hybridized carbons (Fsp3) is 0.111. The zero-order chi connectivity index (χ0) is 26.4. The lowest BCUT2D eigenvalue weighted by Gasteiger charge is -2.12. The Bertz CT molecular complexity index is 1470. The summed E-state index contributed by atoms with van der Waals surface area (Å²) in [5.41, 5.74) is 1.66. The zero-order valence-electron chi connectivity index (χ0n) is 19.8. The van der Waals surface area contributed by atoms with Crippen LogP contribution in [0.25, 0.3) is 6.08 Å². The molecule has 0 aromatic heterocycles. The fourth-order valence-corrected chi connectivity index (χ4v) is 5.60. The molecule has 0 spiro atoms. The molecule has 1 aliphatic rings. The topological polar surface area (TPSA) is 85.3 Å². The lowest BCUT2D eigenvalue weighted by atomic mass is 10.1. The smallest absolute Gasteiger partial charge is 0.284 e. The van der Waals surface area contributed by atoms with Gasteiger partial charge in [0, 0.05) is 6.54 Å². The van der Waals surface area contributed by atoms with E-state index in [0.29, 0.717) is 23.7 Å². The number of carbonyl (C=O) groups is 1. The largest absolute Gasteiger partial charge is 0.493 e. The zero-order valence-corrected chi connectivity index (χ0v) is 21.5. The van der Waals surface area contributed by atoms with E-state index in [4.69, 9.17) is 9.47 Å². The molecule has 0 radical (unpaired) electrons. The molecule has 4 rings (SSSR count). The van der Waals surface area contributed by atoms with Crippen LogP contribution in [0.4, 0.5) is 4.39 Å². The first kappa shape index (κ1) is 26.2. The van der Waals surface area contributed by atoms with Crippen molar-refractivity contribution in [1.29, 1.82) is 0 Å². The molecule has 0 saturated carbocycles. The summed E-state index contributed by atoms with van der Waals surface area (Å²) >= 11 is 0.926. The van der Waals surface area contributed by atoms with E-state index < -0.39 is 21.7 Å². The van der Waals surface area contributed by atoms with E-state index in [1.807, 2.05) is 30.3 Å². The Labute approximate surface area is 219 Å². The molecule has 37 heavy (non-hydrogen) atoms. The molecule has 0 bridgehead atoms. The van der Waals surface area contributed by atoms with Gasteiger partial charge in [-0.05, 0) is 65.4 Å². The maximum atomic E-state index is 13.2. The van der Waals surface area contributed by atoms with Crippen LogP contribution in [0, 0.1) is 5.82 Å². The molecule has 10 heteroatoms. The predicted molar refractivity (Wildman–Crippen MR) is 142 cm³/mol. The van der Waals surface area contributed by atoms with Crippen LogP contribution in [0.1, 0.15) is 11.1 Å². The van der Waals surface area contributed by atoms with Gasteiger partial charge in [0.25, 0.3) is 15.9 Å². The van der Waals surface area contributed by atoms with Crippen molar-refractivity contribution >= 4 is 38.9 Å². The van der Waals surface area contributed by atoms with Gasteiger partial charge in [-0.15, -0.1) is 11.0 Å². The summed E-state index contributed by atoms with van der Waals surface area (Å²) in [5.74, 6) is 0.0417. The third kappa shape index (κ3) is 6.28. The monoisotopic (exact) mass is 538 g/mol. The number of amidine groups is 1. The maximum absolute atomic E-state index is 13.2. The van der Waals surface area contributed by atoms with Crippen molar-refractivity contribution in [2.24, 2.45) is 4.40 Å². The lowest BCUT2D eigenvalue weighted by molar-refractivity contribution is -0.121. The Kier molecular flexibility index (Phi) is 8.10. The second-order valence-corrected chi connectivity index (χ2v) is 10.4. The van der Waals surface area contributed by atoms with E-state index in [1.54, 1.807) is 24.3 Å². The molecule has 190 valence electrons. The number of ether oxygens (including phenoxy) is 2. The van der Waals surface area contributed by atoms with Gasteiger partial charge >= 0.3 is 0 Å². The molecule has 0 unspecified atom stereocenters. The summed E-state index contributed by atoms with van der Waals surface area (Å²) in [5, 5.41) is -0.0183. The van der Waals surface area contributed by atoms with Gasteiger partial charge in [-0.1, -0.05) is 42.5 Å². The SMILES string of the molecule is C=CCN1C(=O)/C(=C/c2ccc(OCc3ccccc3)c(OC)c2)SC1=NS(=O)(=O)c1ccc(F)cc1. The van der Waals surface area contributed by atoms with Crippen LogP contribution >= 0.6 is 11.8 Å². The molecule has 3 aromatic carbocycles. The average Bonchev–Trinajstić information content (AvgIpc) is 3.17. The highest BCUT2D eigenvalue weighted by molar-refractivity contribution is 8.19. The number of benzene rings is 3. The van der Waals surface area contributed by atoms with Gasteiger partial charge in [0.05, 0.1) is 16.9 Å². The highest BCUT2D eigenvalue weighted by atomic mass is 32.2. The normalized spacial score (nSPS) is 15.8. The van der Waals surface area contributed by atoms with Gasteiger partial charge in [0.15, 0.2) is 16.7 Å². The summed E-state index contributed by atoms with van der Waals surface area (Å²) in [6, 6.07) is 19.3. The van der Waals surface area contributed by atoms with Gasteiger partial charge in [-0.25, -0.2) is 4.39 Å². The molecular weight excluding hydrogens is 515 g/mol. The second-order valence-electron chi connectivity index (χ2n) is 7.80. The Morgan fingerprint density at radius 3 is 2.46 bits per heavy atom. The molecule has 0 N–H and O–H groups in total. The van der Waals surface area contributed by atoms with Crippen LogP contribution in [0.3, 0.4) is 0 Å². The number of carbonyl (C=O) groups excluding carboxylic acids is 1. The Morgan fingerprint density at radius 1 is 1.05 bits per heavy atom. The van der Waals surface area contributed by atoms with E-state index >= 15 is 0 Å². The standard InChI is InChI=1S/C27H23FN2O5S2/c1-3-15-30-26(31)25(36-27(30)29-37(32,33)22-12-10-21(28)11-13-22)17-20-9-14-23(24(16-20)34-2)35-18-19-7-5-4-6-8-19/h3-14,16-17H,1,15,18H2,2H3/b25-17-,29-27?. The van der Waals surface area contributed by atoms with Crippen molar-refractivity contribution in [3.05, 3.63) is 107 Å². The molecule has 0 atom stereocenters. The summed E-state index contributed by atoms with van der Waals surface area (Å²) in [6.07, 6.45) is 3.10. The predicted octanol–water partition coefficient (Wildman–Crippen LogP) is 5.26. The summed E-state index contributed by atoms with van der Waals surface area (Å²) in [6.45, 7) is 4.07. The van der Waals surface area contributed by atoms with Crippen molar-refractivity contribution in [2.75, 3.05) is 13.7 Å². The van der Waals surface area contributed by atoms with Crippen molar-refractivity contribution in [1.82, 2.24) is 4.90 Å². The van der Waals surface area contributed by atoms with Gasteiger partial charge in [0.1, 0.15) is 12.4 Å². The number of rotatable bonds is 9. The molecule has 1 amide bonds. The average molecular weight is 539 g/mol. The summed E-state index contributed by atoms with van der Waals surface area (Å²) < 4.78 is 54.0. The third-order valence-electron chi connectivity index (χ3n) is 5.23. The van der Waals surface area contributed by atoms with E-state index in [1.165, 1.54) is 18.1 Å². The number of thioether (sulfide) groups is 1. The number of amides is 1. The molecule has 1 fully saturated rings. The van der Waals surface area contributed by atoms with Crippen molar-refractivity contribution in [3.8, 4) is 11.5 Å². The minimum Gasteiger partial charge on any atom is -0.493 e. The van der Waals surface area contributed by atoms with Crippen molar-refractivity contribution < 1.29 is 27.1 Å². The van der Waals surface area contributed by atoms with E-state index in [-0.39, 0.29) is 21.5 Å². The van der Waals surface area contributed by atoms with Gasteiger partial charge in [-0.3, -0.25) is 9.69 Å². The number of sulfonamides is 1. The van der Waals surface area contributed by atoms with Crippen LogP contribution in [-0.2, 0) is 21.4 Å². The van der Waals surface area contributed by atoms with Gasteiger partial charge < -0.3 is 9.47 Å². The van der Waals surface area contributed by atoms with Crippen molar-refractivity contribution in [2.45, 2.75) is 11.5 Å². The first-order chi connectivity index (χ1) is 17.8. The Balaban J connectivity index is 1.59. The number of halogens is 1. The molecule has 0 aliphatic carbocycles. The first-order valence-corrected chi connectivity index (χ1v) is 13.3. The van der Waals surface area contributed by atoms with Crippen LogP contribution in [-0.4, -0.2) is 38.0 Å². The second kappa shape index (κ2) is 11.4. The van der Waals surface area contributed by atoms with Crippen LogP contribution in [0.15, 0.2) is 99.6 Å². The van der Waals surface area contributed by atoms with Crippen LogP contribution in [0.5, 0.6) is 11.5 Å². The summed E-state index contributed by atoms with van der Waals surface area (Å²) in [4.78, 5) is 14.4.